The van der Waals surface area contributed by atoms with Gasteiger partial charge in [-0.25, -0.2) is 0 Å². The van der Waals surface area contributed by atoms with Gasteiger partial charge in [0.1, 0.15) is 11.5 Å². The summed E-state index contributed by atoms with van der Waals surface area (Å²) in [6, 6.07) is 4.05. The van der Waals surface area contributed by atoms with E-state index >= 15 is 0 Å². The molecule has 1 unspecified atom stereocenters. The van der Waals surface area contributed by atoms with Crippen LogP contribution < -0.4 is 0 Å². The molecule has 0 fully saturated rings. The summed E-state index contributed by atoms with van der Waals surface area (Å²) in [4.78, 5) is 13.7. The largest absolute Gasteiger partial charge is 0.508 e. The number of phenols is 2. The van der Waals surface area contributed by atoms with Crippen LogP contribution >= 0.6 is 0 Å². The van der Waals surface area contributed by atoms with Crippen LogP contribution in [0.2, 0.25) is 0 Å². The first-order valence-corrected chi connectivity index (χ1v) is 5.76. The van der Waals surface area contributed by atoms with Gasteiger partial charge < -0.3 is 15.1 Å². The zero-order chi connectivity index (χ0) is 13.0. The molecule has 17 heavy (non-hydrogen) atoms. The number of hydrogen-bond acceptors (Lipinski definition) is 3. The maximum atomic E-state index is 12.1. The molecule has 0 spiro atoms. The van der Waals surface area contributed by atoms with E-state index in [9.17, 15) is 15.0 Å². The highest BCUT2D eigenvalue weighted by atomic mass is 16.3. The predicted molar refractivity (Wildman–Crippen MR) is 66.2 cm³/mol. The topological polar surface area (TPSA) is 60.8 Å². The van der Waals surface area contributed by atoms with Crippen molar-refractivity contribution in [1.29, 1.82) is 0 Å². The van der Waals surface area contributed by atoms with E-state index in [4.69, 9.17) is 0 Å². The second kappa shape index (κ2) is 5.57. The van der Waals surface area contributed by atoms with Crippen molar-refractivity contribution in [2.45, 2.75) is 32.7 Å². The first kappa shape index (κ1) is 13.4. The number of amides is 1. The van der Waals surface area contributed by atoms with Crippen LogP contribution in [0.4, 0.5) is 0 Å². The highest BCUT2D eigenvalue weighted by Crippen LogP contribution is 2.22. The molecule has 4 nitrogen and oxygen atoms in total. The van der Waals surface area contributed by atoms with Crippen molar-refractivity contribution < 1.29 is 15.0 Å². The number of phenolic OH excluding ortho intramolecular Hbond substituents is 2. The molecule has 1 rings (SSSR count). The van der Waals surface area contributed by atoms with Crippen LogP contribution in [-0.2, 0) is 0 Å². The zero-order valence-electron chi connectivity index (χ0n) is 10.5. The van der Waals surface area contributed by atoms with Crippen LogP contribution in [-0.4, -0.2) is 34.1 Å². The summed E-state index contributed by atoms with van der Waals surface area (Å²) in [5, 5.41) is 18.7. The molecule has 1 aromatic carbocycles. The van der Waals surface area contributed by atoms with E-state index in [-0.39, 0.29) is 23.4 Å². The lowest BCUT2D eigenvalue weighted by Gasteiger charge is -2.24. The molecular weight excluding hydrogens is 218 g/mol. The van der Waals surface area contributed by atoms with Gasteiger partial charge in [-0.3, -0.25) is 4.79 Å². The normalized spacial score (nSPS) is 12.2. The van der Waals surface area contributed by atoms with E-state index in [1.165, 1.54) is 18.2 Å². The Labute approximate surface area is 101 Å². The molecule has 0 bridgehead atoms. The summed E-state index contributed by atoms with van der Waals surface area (Å²) < 4.78 is 0. The third-order valence-electron chi connectivity index (χ3n) is 2.84. The molecule has 2 N–H and O–H groups in total. The van der Waals surface area contributed by atoms with Crippen molar-refractivity contribution in [3.8, 4) is 11.5 Å². The fourth-order valence-electron chi connectivity index (χ4n) is 1.73. The average molecular weight is 237 g/mol. The van der Waals surface area contributed by atoms with E-state index in [0.29, 0.717) is 5.56 Å². The number of benzene rings is 1. The summed E-state index contributed by atoms with van der Waals surface area (Å²) in [5.41, 5.74) is 0.299. The summed E-state index contributed by atoms with van der Waals surface area (Å²) in [6.07, 6.45) is 1.93. The third kappa shape index (κ3) is 3.37. The Kier molecular flexibility index (Phi) is 4.37. The Bertz CT molecular complexity index is 383. The van der Waals surface area contributed by atoms with Crippen molar-refractivity contribution in [1.82, 2.24) is 4.90 Å². The first-order chi connectivity index (χ1) is 7.95. The molecular formula is C13H19NO3. The number of rotatable bonds is 4. The Morgan fingerprint density at radius 1 is 1.29 bits per heavy atom. The van der Waals surface area contributed by atoms with Crippen LogP contribution in [0.5, 0.6) is 11.5 Å². The Balaban J connectivity index is 2.88. The van der Waals surface area contributed by atoms with Gasteiger partial charge >= 0.3 is 0 Å². The van der Waals surface area contributed by atoms with Crippen molar-refractivity contribution in [2.75, 3.05) is 7.05 Å². The lowest BCUT2D eigenvalue weighted by atomic mass is 10.1. The van der Waals surface area contributed by atoms with E-state index in [2.05, 4.69) is 6.92 Å². The Hall–Kier alpha value is -1.71. The first-order valence-electron chi connectivity index (χ1n) is 5.76. The van der Waals surface area contributed by atoms with Crippen LogP contribution in [0.3, 0.4) is 0 Å². The zero-order valence-corrected chi connectivity index (χ0v) is 10.5. The molecule has 0 aliphatic heterocycles. The highest BCUT2D eigenvalue weighted by molar-refractivity contribution is 5.95. The summed E-state index contributed by atoms with van der Waals surface area (Å²) in [7, 11) is 1.73. The summed E-state index contributed by atoms with van der Waals surface area (Å²) >= 11 is 0. The number of hydrogen-bond donors (Lipinski definition) is 2. The molecule has 4 heteroatoms. The second-order valence-corrected chi connectivity index (χ2v) is 4.29. The van der Waals surface area contributed by atoms with E-state index in [1.807, 2.05) is 6.92 Å². The number of carbonyl (C=O) groups is 1. The molecule has 0 aromatic heterocycles. The molecule has 1 aromatic rings. The van der Waals surface area contributed by atoms with Crippen molar-refractivity contribution in [3.63, 3.8) is 0 Å². The van der Waals surface area contributed by atoms with Gasteiger partial charge in [-0.15, -0.1) is 0 Å². The van der Waals surface area contributed by atoms with Gasteiger partial charge in [0.2, 0.25) is 0 Å². The maximum Gasteiger partial charge on any atom is 0.254 e. The lowest BCUT2D eigenvalue weighted by Crippen LogP contribution is -2.34. The van der Waals surface area contributed by atoms with Gasteiger partial charge in [-0.2, -0.15) is 0 Å². The van der Waals surface area contributed by atoms with E-state index < -0.39 is 0 Å². The molecule has 1 amide bonds. The van der Waals surface area contributed by atoms with Gasteiger partial charge in [-0.05, 0) is 25.5 Å². The van der Waals surface area contributed by atoms with Gasteiger partial charge in [0.15, 0.2) is 0 Å². The monoisotopic (exact) mass is 237 g/mol. The fourth-order valence-corrected chi connectivity index (χ4v) is 1.73. The quantitative estimate of drug-likeness (QED) is 0.845. The van der Waals surface area contributed by atoms with Crippen molar-refractivity contribution in [2.24, 2.45) is 0 Å². The molecule has 0 aliphatic rings. The molecule has 0 aliphatic carbocycles. The van der Waals surface area contributed by atoms with Gasteiger partial charge in [0, 0.05) is 24.7 Å². The molecule has 0 radical (unpaired) electrons. The highest BCUT2D eigenvalue weighted by Gasteiger charge is 2.17. The van der Waals surface area contributed by atoms with Crippen molar-refractivity contribution >= 4 is 5.91 Å². The lowest BCUT2D eigenvalue weighted by molar-refractivity contribution is 0.0736. The minimum atomic E-state index is -0.197. The number of carbonyl (C=O) groups excluding carboxylic acids is 1. The van der Waals surface area contributed by atoms with Crippen molar-refractivity contribution in [3.05, 3.63) is 23.8 Å². The summed E-state index contributed by atoms with van der Waals surface area (Å²) in [5.74, 6) is -0.410. The van der Waals surface area contributed by atoms with E-state index in [1.54, 1.807) is 11.9 Å². The average Bonchev–Trinajstić information content (AvgIpc) is 2.26. The fraction of sp³-hybridized carbons (Fsp3) is 0.462. The molecule has 94 valence electrons. The maximum absolute atomic E-state index is 12.1. The number of aromatic hydroxyl groups is 2. The molecule has 0 saturated heterocycles. The van der Waals surface area contributed by atoms with Gasteiger partial charge in [0.25, 0.3) is 5.91 Å². The summed E-state index contributed by atoms with van der Waals surface area (Å²) in [6.45, 7) is 4.04. The standard InChI is InChI=1S/C13H19NO3/c1-4-5-9(2)14(3)13(17)10-6-11(15)8-12(16)7-10/h6-9,15-16H,4-5H2,1-3H3. The minimum absolute atomic E-state index is 0.107. The third-order valence-corrected chi connectivity index (χ3v) is 2.84. The Morgan fingerprint density at radius 2 is 1.82 bits per heavy atom. The van der Waals surface area contributed by atoms with Crippen LogP contribution in [0.15, 0.2) is 18.2 Å². The smallest absolute Gasteiger partial charge is 0.254 e. The molecule has 0 heterocycles. The molecule has 1 atom stereocenters. The van der Waals surface area contributed by atoms with Crippen LogP contribution in [0, 0.1) is 0 Å². The minimum Gasteiger partial charge on any atom is -0.508 e. The number of nitrogens with zero attached hydrogens (tertiary/aromatic N) is 1. The van der Waals surface area contributed by atoms with E-state index in [0.717, 1.165) is 12.8 Å². The van der Waals surface area contributed by atoms with Crippen LogP contribution in [0.1, 0.15) is 37.0 Å². The predicted octanol–water partition coefficient (Wildman–Crippen LogP) is 2.36. The van der Waals surface area contributed by atoms with Gasteiger partial charge in [-0.1, -0.05) is 13.3 Å². The molecule has 0 saturated carbocycles. The van der Waals surface area contributed by atoms with Gasteiger partial charge in [0.05, 0.1) is 0 Å². The SMILES string of the molecule is CCCC(C)N(C)C(=O)c1cc(O)cc(O)c1. The second-order valence-electron chi connectivity index (χ2n) is 4.29. The van der Waals surface area contributed by atoms with Crippen LogP contribution in [0.25, 0.3) is 0 Å². The Morgan fingerprint density at radius 3 is 2.29 bits per heavy atom.